The predicted molar refractivity (Wildman–Crippen MR) is 72.8 cm³/mol. The maximum atomic E-state index is 11.7. The molecule has 1 N–H and O–H groups in total. The molecule has 0 saturated carbocycles. The van der Waals surface area contributed by atoms with Crippen LogP contribution in [-0.4, -0.2) is 33.0 Å². The lowest BCUT2D eigenvalue weighted by molar-refractivity contribution is 0.378. The van der Waals surface area contributed by atoms with E-state index in [1.807, 2.05) is 0 Å². The molecule has 0 aliphatic heterocycles. The van der Waals surface area contributed by atoms with Gasteiger partial charge in [-0.2, -0.15) is 0 Å². The van der Waals surface area contributed by atoms with Gasteiger partial charge in [0.05, 0.1) is 13.7 Å². The van der Waals surface area contributed by atoms with Crippen molar-refractivity contribution in [1.82, 2.24) is 19.4 Å². The molecule has 0 aromatic carbocycles. The second kappa shape index (κ2) is 6.28. The van der Waals surface area contributed by atoms with E-state index in [0.717, 1.165) is 18.0 Å². The van der Waals surface area contributed by atoms with Crippen LogP contribution in [0.15, 0.2) is 16.9 Å². The molecule has 0 bridgehead atoms. The summed E-state index contributed by atoms with van der Waals surface area (Å²) in [7, 11) is 1.51. The normalized spacial score (nSPS) is 10.4. The minimum Gasteiger partial charge on any atom is -0.480 e. The van der Waals surface area contributed by atoms with Gasteiger partial charge in [0.1, 0.15) is 10.7 Å². The Morgan fingerprint density at radius 3 is 3.05 bits per heavy atom. The number of hydrogen-bond donors (Lipinski definition) is 1. The lowest BCUT2D eigenvalue weighted by Gasteiger charge is -2.06. The zero-order chi connectivity index (χ0) is 13.7. The molecule has 0 atom stereocenters. The van der Waals surface area contributed by atoms with Gasteiger partial charge in [-0.05, 0) is 6.42 Å². The summed E-state index contributed by atoms with van der Waals surface area (Å²) in [6, 6.07) is 2.96. The standard InChI is InChI=1S/C11H15N5O2S/c1-3-6-12-11-8(13-15-19-11)7-16-10(17)5-4-9(14-16)18-2/h4-5,12H,3,6-7H2,1-2H3. The Morgan fingerprint density at radius 1 is 1.47 bits per heavy atom. The fourth-order valence-corrected chi connectivity index (χ4v) is 2.08. The summed E-state index contributed by atoms with van der Waals surface area (Å²) in [6.45, 7) is 3.20. The average Bonchev–Trinajstić information content (AvgIpc) is 2.86. The van der Waals surface area contributed by atoms with Gasteiger partial charge in [0.15, 0.2) is 0 Å². The molecule has 7 nitrogen and oxygen atoms in total. The molecule has 2 aromatic rings. The zero-order valence-electron chi connectivity index (χ0n) is 10.8. The highest BCUT2D eigenvalue weighted by Crippen LogP contribution is 2.18. The van der Waals surface area contributed by atoms with E-state index in [4.69, 9.17) is 4.74 Å². The number of anilines is 1. The largest absolute Gasteiger partial charge is 0.480 e. The van der Waals surface area contributed by atoms with Crippen LogP contribution >= 0.6 is 11.5 Å². The van der Waals surface area contributed by atoms with Crippen molar-refractivity contribution in [3.8, 4) is 5.88 Å². The molecule has 8 heteroatoms. The van der Waals surface area contributed by atoms with E-state index in [1.54, 1.807) is 0 Å². The number of nitrogens with zero attached hydrogens (tertiary/aromatic N) is 4. The first kappa shape index (κ1) is 13.5. The van der Waals surface area contributed by atoms with Crippen LogP contribution in [0.3, 0.4) is 0 Å². The Balaban J connectivity index is 2.21. The van der Waals surface area contributed by atoms with Crippen LogP contribution in [0.2, 0.25) is 0 Å². The number of hydrogen-bond acceptors (Lipinski definition) is 7. The Labute approximate surface area is 114 Å². The van der Waals surface area contributed by atoms with E-state index in [9.17, 15) is 4.79 Å². The summed E-state index contributed by atoms with van der Waals surface area (Å²) in [6.07, 6.45) is 1.01. The van der Waals surface area contributed by atoms with Crippen LogP contribution in [0.5, 0.6) is 5.88 Å². The van der Waals surface area contributed by atoms with Crippen LogP contribution < -0.4 is 15.6 Å². The van der Waals surface area contributed by atoms with Crippen LogP contribution in [0.1, 0.15) is 19.0 Å². The molecule has 2 rings (SSSR count). The number of ether oxygens (including phenoxy) is 1. The highest BCUT2D eigenvalue weighted by Gasteiger charge is 2.10. The van der Waals surface area contributed by atoms with E-state index in [-0.39, 0.29) is 12.1 Å². The van der Waals surface area contributed by atoms with Gasteiger partial charge < -0.3 is 10.1 Å². The molecule has 19 heavy (non-hydrogen) atoms. The predicted octanol–water partition coefficient (Wildman–Crippen LogP) is 0.974. The van der Waals surface area contributed by atoms with Gasteiger partial charge in [-0.3, -0.25) is 4.79 Å². The number of rotatable bonds is 6. The molecule has 0 fully saturated rings. The topological polar surface area (TPSA) is 81.9 Å². The minimum absolute atomic E-state index is 0.199. The third-order valence-corrected chi connectivity index (χ3v) is 3.17. The number of methoxy groups -OCH3 is 1. The third kappa shape index (κ3) is 3.28. The van der Waals surface area contributed by atoms with E-state index in [2.05, 4.69) is 26.9 Å². The van der Waals surface area contributed by atoms with Crippen molar-refractivity contribution in [1.29, 1.82) is 0 Å². The van der Waals surface area contributed by atoms with E-state index < -0.39 is 0 Å². The molecular formula is C11H15N5O2S. The van der Waals surface area contributed by atoms with E-state index in [0.29, 0.717) is 11.6 Å². The summed E-state index contributed by atoms with van der Waals surface area (Å²) in [5.74, 6) is 0.394. The van der Waals surface area contributed by atoms with Crippen LogP contribution in [-0.2, 0) is 6.54 Å². The van der Waals surface area contributed by atoms with Crippen LogP contribution in [0.25, 0.3) is 0 Å². The molecule has 102 valence electrons. The summed E-state index contributed by atoms with van der Waals surface area (Å²) in [4.78, 5) is 11.7. The maximum Gasteiger partial charge on any atom is 0.267 e. The van der Waals surface area contributed by atoms with Gasteiger partial charge in [0.2, 0.25) is 5.88 Å². The second-order valence-corrected chi connectivity index (χ2v) is 4.60. The molecular weight excluding hydrogens is 266 g/mol. The first-order valence-electron chi connectivity index (χ1n) is 5.92. The first-order chi connectivity index (χ1) is 9.24. The van der Waals surface area contributed by atoms with Crippen molar-refractivity contribution in [2.45, 2.75) is 19.9 Å². The van der Waals surface area contributed by atoms with Crippen molar-refractivity contribution in [3.63, 3.8) is 0 Å². The van der Waals surface area contributed by atoms with Crippen molar-refractivity contribution in [2.24, 2.45) is 0 Å². The first-order valence-corrected chi connectivity index (χ1v) is 6.69. The second-order valence-electron chi connectivity index (χ2n) is 3.85. The molecule has 2 aromatic heterocycles. The Morgan fingerprint density at radius 2 is 2.32 bits per heavy atom. The lowest BCUT2D eigenvalue weighted by atomic mass is 10.4. The quantitative estimate of drug-likeness (QED) is 0.849. The summed E-state index contributed by atoms with van der Waals surface area (Å²) in [5.41, 5.74) is 0.511. The Hall–Kier alpha value is -1.96. The monoisotopic (exact) mass is 281 g/mol. The molecule has 0 amide bonds. The summed E-state index contributed by atoms with van der Waals surface area (Å²) in [5, 5.41) is 12.2. The van der Waals surface area contributed by atoms with Gasteiger partial charge >= 0.3 is 0 Å². The van der Waals surface area contributed by atoms with E-state index >= 15 is 0 Å². The molecule has 0 saturated heterocycles. The summed E-state index contributed by atoms with van der Waals surface area (Å²) < 4.78 is 10.2. The number of nitrogens with one attached hydrogen (secondary N) is 1. The molecule has 0 unspecified atom stereocenters. The van der Waals surface area contributed by atoms with Crippen molar-refractivity contribution in [2.75, 3.05) is 19.0 Å². The minimum atomic E-state index is -0.199. The van der Waals surface area contributed by atoms with Gasteiger partial charge in [0, 0.05) is 30.2 Å². The van der Waals surface area contributed by atoms with Gasteiger partial charge in [-0.1, -0.05) is 11.4 Å². The smallest absolute Gasteiger partial charge is 0.267 e. The van der Waals surface area contributed by atoms with Crippen LogP contribution in [0.4, 0.5) is 5.00 Å². The number of aromatic nitrogens is 4. The lowest BCUT2D eigenvalue weighted by Crippen LogP contribution is -2.23. The third-order valence-electron chi connectivity index (χ3n) is 2.44. The Bertz CT molecular complexity index is 595. The molecule has 0 spiro atoms. The highest BCUT2D eigenvalue weighted by molar-refractivity contribution is 7.10. The molecule has 0 aliphatic rings. The molecule has 2 heterocycles. The van der Waals surface area contributed by atoms with Crippen molar-refractivity contribution >= 4 is 16.5 Å². The van der Waals surface area contributed by atoms with Crippen LogP contribution in [0, 0.1) is 0 Å². The fraction of sp³-hybridized carbons (Fsp3) is 0.455. The summed E-state index contributed by atoms with van der Waals surface area (Å²) >= 11 is 1.28. The van der Waals surface area contributed by atoms with E-state index in [1.165, 1.54) is 35.5 Å². The van der Waals surface area contributed by atoms with Crippen molar-refractivity contribution in [3.05, 3.63) is 28.2 Å². The maximum absolute atomic E-state index is 11.7. The fourth-order valence-electron chi connectivity index (χ4n) is 1.48. The Kier molecular flexibility index (Phi) is 4.45. The average molecular weight is 281 g/mol. The highest BCUT2D eigenvalue weighted by atomic mass is 32.1. The van der Waals surface area contributed by atoms with Gasteiger partial charge in [0.25, 0.3) is 5.56 Å². The molecule has 0 radical (unpaired) electrons. The van der Waals surface area contributed by atoms with Crippen molar-refractivity contribution < 1.29 is 4.74 Å². The van der Waals surface area contributed by atoms with Gasteiger partial charge in [-0.25, -0.2) is 4.68 Å². The van der Waals surface area contributed by atoms with Gasteiger partial charge in [-0.15, -0.1) is 10.2 Å². The SMILES string of the molecule is CCCNc1snnc1Cn1nc(OC)ccc1=O. The molecule has 0 aliphatic carbocycles. The zero-order valence-corrected chi connectivity index (χ0v) is 11.6.